The first-order valence-corrected chi connectivity index (χ1v) is 9.24. The van der Waals surface area contributed by atoms with E-state index in [1.807, 2.05) is 11.5 Å². The third kappa shape index (κ3) is 3.46. The molecule has 1 aliphatic rings. The number of aromatic nitrogens is 3. The quantitative estimate of drug-likeness (QED) is 0.724. The molecule has 0 radical (unpaired) electrons. The molecule has 1 unspecified atom stereocenters. The summed E-state index contributed by atoms with van der Waals surface area (Å²) in [5.74, 6) is -0.481. The number of hydrogen-bond acceptors (Lipinski definition) is 5. The Morgan fingerprint density at radius 2 is 1.86 bits per heavy atom. The van der Waals surface area contributed by atoms with Gasteiger partial charge in [-0.3, -0.25) is 4.79 Å². The summed E-state index contributed by atoms with van der Waals surface area (Å²) in [5, 5.41) is 3.17. The Labute approximate surface area is 166 Å². The topological polar surface area (TPSA) is 69.0 Å². The lowest BCUT2D eigenvalue weighted by molar-refractivity contribution is 0.397. The summed E-state index contributed by atoms with van der Waals surface area (Å²) < 4.78 is 34.6. The number of ether oxygens (including phenoxy) is 1. The van der Waals surface area contributed by atoms with Gasteiger partial charge in [0.25, 0.3) is 5.56 Å². The molecule has 1 N–H and O–H groups in total. The molecule has 0 spiro atoms. The molecule has 1 aromatic carbocycles. The molecule has 3 aromatic rings. The Morgan fingerprint density at radius 1 is 1.14 bits per heavy atom. The molecule has 4 rings (SSSR count). The van der Waals surface area contributed by atoms with Gasteiger partial charge in [-0.25, -0.2) is 13.8 Å². The summed E-state index contributed by atoms with van der Waals surface area (Å²) in [6.07, 6.45) is 1.23. The van der Waals surface area contributed by atoms with Crippen LogP contribution in [0, 0.1) is 25.5 Å². The third-order valence-electron chi connectivity index (χ3n) is 5.23. The number of hydrogen-bond donors (Lipinski definition) is 1. The lowest BCUT2D eigenvalue weighted by Gasteiger charge is -2.21. The fourth-order valence-corrected chi connectivity index (χ4v) is 3.79. The highest BCUT2D eigenvalue weighted by molar-refractivity contribution is 5.58. The fourth-order valence-electron chi connectivity index (χ4n) is 3.79. The molecule has 3 heterocycles. The van der Waals surface area contributed by atoms with Gasteiger partial charge in [0, 0.05) is 23.4 Å². The number of nitrogens with zero attached hydrogens (tertiary/aromatic N) is 3. The molecule has 0 aliphatic carbocycles. The van der Waals surface area contributed by atoms with Crippen LogP contribution in [0.15, 0.2) is 35.1 Å². The number of aryl methyl sites for hydroxylation is 1. The van der Waals surface area contributed by atoms with Crippen molar-refractivity contribution >= 4 is 11.6 Å². The smallest absolute Gasteiger partial charge is 0.277 e. The number of nitrogens with one attached hydrogen (secondary N) is 1. The minimum Gasteiger partial charge on any atom is -0.481 e. The maximum atomic E-state index is 13.8. The highest BCUT2D eigenvalue weighted by Crippen LogP contribution is 2.36. The van der Waals surface area contributed by atoms with Crippen LogP contribution < -0.4 is 15.6 Å². The Kier molecular flexibility index (Phi) is 4.77. The average molecular weight is 398 g/mol. The lowest BCUT2D eigenvalue weighted by atomic mass is 10.0. The summed E-state index contributed by atoms with van der Waals surface area (Å²) in [7, 11) is 1.53. The molecule has 1 aliphatic heterocycles. The van der Waals surface area contributed by atoms with Gasteiger partial charge in [0.15, 0.2) is 0 Å². The van der Waals surface area contributed by atoms with E-state index in [0.29, 0.717) is 47.2 Å². The van der Waals surface area contributed by atoms with Gasteiger partial charge in [-0.05, 0) is 50.5 Å². The van der Waals surface area contributed by atoms with Gasteiger partial charge >= 0.3 is 0 Å². The zero-order valence-electron chi connectivity index (χ0n) is 16.3. The maximum absolute atomic E-state index is 13.8. The first-order valence-electron chi connectivity index (χ1n) is 9.24. The van der Waals surface area contributed by atoms with Gasteiger partial charge in [-0.2, -0.15) is 4.98 Å². The van der Waals surface area contributed by atoms with Gasteiger partial charge in [0.1, 0.15) is 11.6 Å². The van der Waals surface area contributed by atoms with Crippen LogP contribution in [0.4, 0.5) is 20.4 Å². The van der Waals surface area contributed by atoms with Crippen LogP contribution in [0.1, 0.15) is 35.0 Å². The minimum absolute atomic E-state index is 0.317. The molecule has 0 bridgehead atoms. The molecular weight excluding hydrogens is 378 g/mol. The molecule has 0 fully saturated rings. The van der Waals surface area contributed by atoms with Crippen LogP contribution in [0.2, 0.25) is 0 Å². The van der Waals surface area contributed by atoms with E-state index < -0.39 is 11.6 Å². The molecule has 29 heavy (non-hydrogen) atoms. The van der Waals surface area contributed by atoms with Crippen molar-refractivity contribution in [3.63, 3.8) is 0 Å². The normalized spacial score (nSPS) is 15.3. The number of rotatable bonds is 4. The van der Waals surface area contributed by atoms with E-state index in [2.05, 4.69) is 15.3 Å². The summed E-state index contributed by atoms with van der Waals surface area (Å²) in [5.41, 5.74) is 2.84. The highest BCUT2D eigenvalue weighted by Gasteiger charge is 2.29. The van der Waals surface area contributed by atoms with E-state index in [0.717, 1.165) is 11.8 Å². The van der Waals surface area contributed by atoms with Gasteiger partial charge in [-0.15, -0.1) is 0 Å². The predicted molar refractivity (Wildman–Crippen MR) is 105 cm³/mol. The van der Waals surface area contributed by atoms with Crippen LogP contribution in [0.25, 0.3) is 0 Å². The summed E-state index contributed by atoms with van der Waals surface area (Å²) >= 11 is 0. The first kappa shape index (κ1) is 19.0. The predicted octanol–water partition coefficient (Wildman–Crippen LogP) is 3.82. The largest absolute Gasteiger partial charge is 0.481 e. The van der Waals surface area contributed by atoms with Crippen LogP contribution in [0.5, 0.6) is 5.88 Å². The van der Waals surface area contributed by atoms with Crippen LogP contribution in [0.3, 0.4) is 0 Å². The fraction of sp³-hybridized carbons (Fsp3) is 0.286. The molecule has 0 saturated carbocycles. The van der Waals surface area contributed by atoms with E-state index in [1.54, 1.807) is 19.1 Å². The number of pyridine rings is 1. The number of benzene rings is 1. The zero-order chi connectivity index (χ0) is 20.7. The molecular formula is C21H20F2N4O2. The second-order valence-electron chi connectivity index (χ2n) is 7.05. The zero-order valence-corrected chi connectivity index (χ0v) is 16.3. The van der Waals surface area contributed by atoms with Crippen molar-refractivity contribution in [2.24, 2.45) is 0 Å². The van der Waals surface area contributed by atoms with E-state index in [9.17, 15) is 13.6 Å². The second kappa shape index (κ2) is 7.27. The van der Waals surface area contributed by atoms with E-state index in [4.69, 9.17) is 4.74 Å². The summed E-state index contributed by atoms with van der Waals surface area (Å²) in [6, 6.07) is 6.63. The monoisotopic (exact) mass is 398 g/mol. The number of anilines is 2. The van der Waals surface area contributed by atoms with E-state index >= 15 is 0 Å². The maximum Gasteiger partial charge on any atom is 0.277 e. The van der Waals surface area contributed by atoms with Gasteiger partial charge in [0.2, 0.25) is 11.8 Å². The van der Waals surface area contributed by atoms with Crippen LogP contribution in [-0.2, 0) is 6.42 Å². The number of halogens is 2. The van der Waals surface area contributed by atoms with Crippen LogP contribution in [-0.4, -0.2) is 21.6 Å². The van der Waals surface area contributed by atoms with Crippen molar-refractivity contribution in [1.82, 2.24) is 14.5 Å². The summed E-state index contributed by atoms with van der Waals surface area (Å²) in [6.45, 7) is 3.53. The molecule has 150 valence electrons. The summed E-state index contributed by atoms with van der Waals surface area (Å²) in [4.78, 5) is 20.9. The molecule has 1 atom stereocenters. The molecule has 2 aromatic heterocycles. The first-order chi connectivity index (χ1) is 13.9. The third-order valence-corrected chi connectivity index (χ3v) is 5.23. The SMILES string of the molecule is COc1ccc(Nc2nc(=O)c(C)c3n2C(c2cc(F)cc(F)c2)CC3)c(C)n1. The van der Waals surface area contributed by atoms with Gasteiger partial charge in [0.05, 0.1) is 24.5 Å². The highest BCUT2D eigenvalue weighted by atomic mass is 19.1. The Bertz CT molecular complexity index is 1140. The number of fused-ring (bicyclic) bond motifs is 1. The second-order valence-corrected chi connectivity index (χ2v) is 7.05. The Hall–Kier alpha value is -3.29. The lowest BCUT2D eigenvalue weighted by Crippen LogP contribution is -2.22. The Morgan fingerprint density at radius 3 is 2.52 bits per heavy atom. The van der Waals surface area contributed by atoms with Crippen molar-refractivity contribution in [1.29, 1.82) is 0 Å². The van der Waals surface area contributed by atoms with Crippen molar-refractivity contribution in [3.8, 4) is 5.88 Å². The van der Waals surface area contributed by atoms with Crippen LogP contribution >= 0.6 is 0 Å². The minimum atomic E-state index is -0.635. The van der Waals surface area contributed by atoms with Crippen molar-refractivity contribution in [3.05, 3.63) is 74.8 Å². The van der Waals surface area contributed by atoms with Crippen molar-refractivity contribution in [2.75, 3.05) is 12.4 Å². The molecule has 8 heteroatoms. The molecule has 0 amide bonds. The van der Waals surface area contributed by atoms with E-state index in [-0.39, 0.29) is 11.6 Å². The average Bonchev–Trinajstić information content (AvgIpc) is 3.12. The van der Waals surface area contributed by atoms with E-state index in [1.165, 1.54) is 19.2 Å². The number of methoxy groups -OCH3 is 1. The van der Waals surface area contributed by atoms with Crippen molar-refractivity contribution in [2.45, 2.75) is 32.7 Å². The van der Waals surface area contributed by atoms with Gasteiger partial charge in [-0.1, -0.05) is 0 Å². The molecule has 6 nitrogen and oxygen atoms in total. The standard InChI is InChI=1S/C21H20F2N4O2/c1-11-17-5-6-18(13-8-14(22)10-15(23)9-13)27(17)21(26-20(11)28)25-16-4-7-19(29-3)24-12(16)2/h4,7-10,18H,5-6H2,1-3H3,(H,25,26,28). The van der Waals surface area contributed by atoms with Gasteiger partial charge < -0.3 is 14.6 Å². The molecule has 0 saturated heterocycles. The Balaban J connectivity index is 1.83. The van der Waals surface area contributed by atoms with Crippen molar-refractivity contribution < 1.29 is 13.5 Å².